The van der Waals surface area contributed by atoms with Crippen LogP contribution in [0.2, 0.25) is 0 Å². The first kappa shape index (κ1) is 25.0. The number of piperazine rings is 1. The van der Waals surface area contributed by atoms with Crippen molar-refractivity contribution in [2.45, 2.75) is 55.6 Å². The van der Waals surface area contributed by atoms with E-state index in [1.807, 2.05) is 11.8 Å². The van der Waals surface area contributed by atoms with E-state index < -0.39 is 37.7 Å². The van der Waals surface area contributed by atoms with Gasteiger partial charge in [-0.25, -0.2) is 31.3 Å². The molecule has 37 heavy (non-hydrogen) atoms. The van der Waals surface area contributed by atoms with Crippen molar-refractivity contribution in [3.8, 4) is 10.8 Å². The Kier molecular flexibility index (Phi) is 5.98. The maximum atomic E-state index is 16.3. The van der Waals surface area contributed by atoms with Crippen LogP contribution in [-0.2, 0) is 14.8 Å². The summed E-state index contributed by atoms with van der Waals surface area (Å²) >= 11 is 0.657. The molecule has 200 valence electrons. The van der Waals surface area contributed by atoms with Crippen molar-refractivity contribution >= 4 is 32.6 Å². The molecule has 1 saturated carbocycles. The fourth-order valence-corrected chi connectivity index (χ4v) is 7.37. The third-order valence-electron chi connectivity index (χ3n) is 7.27. The Morgan fingerprint density at radius 3 is 2.76 bits per heavy atom. The minimum absolute atomic E-state index is 0.0138. The van der Waals surface area contributed by atoms with Gasteiger partial charge in [0, 0.05) is 37.4 Å². The van der Waals surface area contributed by atoms with Crippen molar-refractivity contribution in [2.24, 2.45) is 0 Å². The Morgan fingerprint density at radius 2 is 2.05 bits per heavy atom. The molecule has 2 atom stereocenters. The molecule has 10 nitrogen and oxygen atoms in total. The van der Waals surface area contributed by atoms with E-state index in [1.54, 1.807) is 6.92 Å². The number of anilines is 1. The van der Waals surface area contributed by atoms with Crippen LogP contribution in [0.5, 0.6) is 0 Å². The number of morpholine rings is 1. The molecule has 0 unspecified atom stereocenters. The second-order valence-corrected chi connectivity index (χ2v) is 12.8. The summed E-state index contributed by atoms with van der Waals surface area (Å²) in [5, 5.41) is 6.96. The SMILES string of the molecule is C[C@H]1CN(c2c(F)c(S(=O)(=O)NC3(C)CC3)cn3c(-c4nnc(C(F)F)s4)ncc23)C[C@@H]2COCCN21. The highest BCUT2D eigenvalue weighted by atomic mass is 32.2. The molecule has 3 aromatic rings. The second-order valence-electron chi connectivity index (χ2n) is 10.1. The van der Waals surface area contributed by atoms with Gasteiger partial charge in [0.15, 0.2) is 21.7 Å². The number of hydrogen-bond donors (Lipinski definition) is 1. The molecule has 1 N–H and O–H groups in total. The molecule has 6 rings (SSSR count). The monoisotopic (exact) mass is 557 g/mol. The van der Waals surface area contributed by atoms with E-state index in [9.17, 15) is 17.2 Å². The van der Waals surface area contributed by atoms with Crippen LogP contribution in [-0.4, -0.2) is 83.4 Å². The van der Waals surface area contributed by atoms with Gasteiger partial charge in [-0.3, -0.25) is 9.30 Å². The van der Waals surface area contributed by atoms with Crippen molar-refractivity contribution in [1.82, 2.24) is 29.2 Å². The van der Waals surface area contributed by atoms with Crippen molar-refractivity contribution in [2.75, 3.05) is 37.7 Å². The van der Waals surface area contributed by atoms with Gasteiger partial charge in [0.2, 0.25) is 10.0 Å². The molecule has 1 aliphatic carbocycles. The second kappa shape index (κ2) is 8.86. The van der Waals surface area contributed by atoms with Gasteiger partial charge in [-0.05, 0) is 26.7 Å². The van der Waals surface area contributed by atoms with Gasteiger partial charge in [-0.15, -0.1) is 10.2 Å². The summed E-state index contributed by atoms with van der Waals surface area (Å²) in [6.45, 7) is 6.60. The minimum Gasteiger partial charge on any atom is -0.378 e. The number of imidazole rings is 1. The zero-order valence-corrected chi connectivity index (χ0v) is 21.8. The number of ether oxygens (including phenoxy) is 1. The number of pyridine rings is 1. The Labute approximate surface area is 215 Å². The standard InChI is InChI=1S/C22H26F3N7O3S2/c1-12-8-30(9-13-11-35-6-5-31(12)13)17-14-7-26-19(21-28-27-20(36-21)18(24)25)32(14)10-15(16(17)23)37(33,34)29-22(2)3-4-22/h7,10,12-13,18,29H,3-6,8-9,11H2,1-2H3/t12-,13+/m0/s1. The van der Waals surface area contributed by atoms with Crippen LogP contribution in [0.4, 0.5) is 18.9 Å². The molecule has 0 spiro atoms. The van der Waals surface area contributed by atoms with E-state index in [0.717, 1.165) is 12.7 Å². The number of aromatic nitrogens is 4. The molecule has 0 amide bonds. The van der Waals surface area contributed by atoms with Crippen LogP contribution in [0.25, 0.3) is 16.3 Å². The summed E-state index contributed by atoms with van der Waals surface area (Å²) in [6.07, 6.45) is 1.07. The predicted molar refractivity (Wildman–Crippen MR) is 130 cm³/mol. The van der Waals surface area contributed by atoms with Crippen molar-refractivity contribution in [3.63, 3.8) is 0 Å². The first-order valence-electron chi connectivity index (χ1n) is 12.0. The Hall–Kier alpha value is -2.33. The van der Waals surface area contributed by atoms with Crippen LogP contribution in [0.1, 0.15) is 38.1 Å². The summed E-state index contributed by atoms with van der Waals surface area (Å²) in [6, 6.07) is 0.0879. The highest BCUT2D eigenvalue weighted by molar-refractivity contribution is 7.89. The van der Waals surface area contributed by atoms with E-state index >= 15 is 4.39 Å². The van der Waals surface area contributed by atoms with Gasteiger partial charge in [0.25, 0.3) is 6.43 Å². The molecule has 2 aliphatic heterocycles. The van der Waals surface area contributed by atoms with Gasteiger partial charge >= 0.3 is 0 Å². The van der Waals surface area contributed by atoms with Gasteiger partial charge in [-0.2, -0.15) is 0 Å². The third kappa shape index (κ3) is 4.39. The first-order chi connectivity index (χ1) is 17.6. The molecular formula is C22H26F3N7O3S2. The molecule has 15 heteroatoms. The maximum Gasteiger partial charge on any atom is 0.291 e. The van der Waals surface area contributed by atoms with E-state index in [4.69, 9.17) is 4.74 Å². The highest BCUT2D eigenvalue weighted by Gasteiger charge is 2.43. The molecule has 0 radical (unpaired) electrons. The molecule has 5 heterocycles. The summed E-state index contributed by atoms with van der Waals surface area (Å²) in [4.78, 5) is 7.95. The lowest BCUT2D eigenvalue weighted by Gasteiger charge is -2.48. The summed E-state index contributed by atoms with van der Waals surface area (Å²) in [5.74, 6) is -0.763. The number of nitrogens with one attached hydrogen (secondary N) is 1. The fraction of sp³-hybridized carbons (Fsp3) is 0.591. The average molecular weight is 558 g/mol. The van der Waals surface area contributed by atoms with Gasteiger partial charge in [0.05, 0.1) is 31.0 Å². The van der Waals surface area contributed by atoms with E-state index in [0.29, 0.717) is 56.0 Å². The molecular weight excluding hydrogens is 531 g/mol. The number of fused-ring (bicyclic) bond motifs is 2. The smallest absolute Gasteiger partial charge is 0.291 e. The topological polar surface area (TPSA) is 105 Å². The van der Waals surface area contributed by atoms with Crippen LogP contribution >= 0.6 is 11.3 Å². The molecule has 2 saturated heterocycles. The van der Waals surface area contributed by atoms with Gasteiger partial charge in [0.1, 0.15) is 10.6 Å². The fourth-order valence-electron chi connectivity index (χ4n) is 5.14. The number of nitrogens with zero attached hydrogens (tertiary/aromatic N) is 6. The molecule has 3 fully saturated rings. The van der Waals surface area contributed by atoms with Crippen LogP contribution in [0.3, 0.4) is 0 Å². The lowest BCUT2D eigenvalue weighted by atomic mass is 10.1. The Bertz CT molecular complexity index is 1460. The van der Waals surface area contributed by atoms with E-state index in [-0.39, 0.29) is 28.6 Å². The third-order valence-corrected chi connectivity index (χ3v) is 9.82. The molecule has 0 bridgehead atoms. The van der Waals surface area contributed by atoms with Crippen molar-refractivity contribution in [3.05, 3.63) is 23.2 Å². The molecule has 0 aromatic carbocycles. The normalized spacial score (nSPS) is 24.1. The summed E-state index contributed by atoms with van der Waals surface area (Å²) in [7, 11) is -4.25. The van der Waals surface area contributed by atoms with E-state index in [1.165, 1.54) is 10.6 Å². The van der Waals surface area contributed by atoms with Crippen LogP contribution in [0, 0.1) is 5.82 Å². The van der Waals surface area contributed by atoms with E-state index in [2.05, 4.69) is 24.8 Å². The first-order valence-corrected chi connectivity index (χ1v) is 14.3. The number of sulfonamides is 1. The average Bonchev–Trinajstić information content (AvgIpc) is 3.22. The van der Waals surface area contributed by atoms with Crippen molar-refractivity contribution < 1.29 is 26.3 Å². The number of alkyl halides is 2. The lowest BCUT2D eigenvalue weighted by Crippen LogP contribution is -2.62. The van der Waals surface area contributed by atoms with Crippen LogP contribution < -0.4 is 9.62 Å². The number of halogens is 3. The zero-order valence-electron chi connectivity index (χ0n) is 20.2. The Balaban J connectivity index is 1.51. The van der Waals surface area contributed by atoms with Gasteiger partial charge in [-0.1, -0.05) is 11.3 Å². The Morgan fingerprint density at radius 1 is 1.27 bits per heavy atom. The largest absolute Gasteiger partial charge is 0.378 e. The quantitative estimate of drug-likeness (QED) is 0.494. The lowest BCUT2D eigenvalue weighted by molar-refractivity contribution is -0.0318. The van der Waals surface area contributed by atoms with Crippen molar-refractivity contribution in [1.29, 1.82) is 0 Å². The number of hydrogen-bond acceptors (Lipinski definition) is 9. The molecule has 3 aliphatic rings. The summed E-state index contributed by atoms with van der Waals surface area (Å²) < 4.78 is 79.1. The minimum atomic E-state index is -4.25. The highest BCUT2D eigenvalue weighted by Crippen LogP contribution is 2.39. The molecule has 3 aromatic heterocycles. The maximum absolute atomic E-state index is 16.3. The summed E-state index contributed by atoms with van der Waals surface area (Å²) in [5.41, 5.74) is -0.211. The predicted octanol–water partition coefficient (Wildman–Crippen LogP) is 2.67. The van der Waals surface area contributed by atoms with Gasteiger partial charge < -0.3 is 9.64 Å². The van der Waals surface area contributed by atoms with Crippen LogP contribution in [0.15, 0.2) is 17.3 Å². The zero-order chi connectivity index (χ0) is 26.1. The number of rotatable bonds is 6.